The molecule has 0 aromatic heterocycles. The highest BCUT2D eigenvalue weighted by molar-refractivity contribution is 5.99. The van der Waals surface area contributed by atoms with Crippen LogP contribution in [-0.2, 0) is 4.74 Å². The molecular formula is C22H24FN3O3. The SMILES string of the molecule is CCOC(=O)N1CCC(N2C(=O)c3ccccc3[C@@H]2Nc2cccc(F)c2)CC1. The molecule has 1 saturated heterocycles. The molecule has 0 bridgehead atoms. The number of fused-ring (bicyclic) bond motifs is 1. The zero-order chi connectivity index (χ0) is 20.4. The molecule has 2 aromatic carbocycles. The van der Waals surface area contributed by atoms with Gasteiger partial charge in [0.2, 0.25) is 0 Å². The van der Waals surface area contributed by atoms with Crippen molar-refractivity contribution in [3.63, 3.8) is 0 Å². The molecule has 2 aliphatic rings. The Morgan fingerprint density at radius 3 is 2.66 bits per heavy atom. The molecule has 4 rings (SSSR count). The highest BCUT2D eigenvalue weighted by Crippen LogP contribution is 2.38. The number of anilines is 1. The van der Waals surface area contributed by atoms with Crippen LogP contribution in [0.3, 0.4) is 0 Å². The number of piperidine rings is 1. The van der Waals surface area contributed by atoms with E-state index < -0.39 is 0 Å². The molecule has 29 heavy (non-hydrogen) atoms. The van der Waals surface area contributed by atoms with Crippen LogP contribution < -0.4 is 5.32 Å². The van der Waals surface area contributed by atoms with Crippen molar-refractivity contribution in [2.75, 3.05) is 25.0 Å². The van der Waals surface area contributed by atoms with Gasteiger partial charge in [-0.05, 0) is 44.0 Å². The second kappa shape index (κ2) is 8.11. The molecule has 6 nitrogen and oxygen atoms in total. The van der Waals surface area contributed by atoms with E-state index in [0.717, 1.165) is 5.56 Å². The summed E-state index contributed by atoms with van der Waals surface area (Å²) in [5.41, 5.74) is 2.16. The summed E-state index contributed by atoms with van der Waals surface area (Å²) in [6.07, 6.45) is 0.649. The maximum absolute atomic E-state index is 13.7. The Labute approximate surface area is 169 Å². The summed E-state index contributed by atoms with van der Waals surface area (Å²) in [6.45, 7) is 3.21. The van der Waals surface area contributed by atoms with Crippen molar-refractivity contribution < 1.29 is 18.7 Å². The fourth-order valence-electron chi connectivity index (χ4n) is 4.14. The van der Waals surface area contributed by atoms with E-state index in [0.29, 0.717) is 43.8 Å². The predicted molar refractivity (Wildman–Crippen MR) is 107 cm³/mol. The van der Waals surface area contributed by atoms with Crippen molar-refractivity contribution in [2.24, 2.45) is 0 Å². The average molecular weight is 397 g/mol. The van der Waals surface area contributed by atoms with Crippen molar-refractivity contribution in [2.45, 2.75) is 32.0 Å². The number of nitrogens with one attached hydrogen (secondary N) is 1. The van der Waals surface area contributed by atoms with E-state index in [1.807, 2.05) is 29.2 Å². The van der Waals surface area contributed by atoms with Crippen LogP contribution in [0.5, 0.6) is 0 Å². The Hall–Kier alpha value is -3.09. The largest absolute Gasteiger partial charge is 0.450 e. The smallest absolute Gasteiger partial charge is 0.409 e. The summed E-state index contributed by atoms with van der Waals surface area (Å²) in [5.74, 6) is -0.369. The number of halogens is 1. The Morgan fingerprint density at radius 1 is 1.17 bits per heavy atom. The molecule has 1 N–H and O–H groups in total. The molecule has 0 spiro atoms. The lowest BCUT2D eigenvalue weighted by Gasteiger charge is -2.39. The van der Waals surface area contributed by atoms with Crippen LogP contribution in [0.2, 0.25) is 0 Å². The first-order valence-electron chi connectivity index (χ1n) is 9.94. The van der Waals surface area contributed by atoms with Gasteiger partial charge in [0.05, 0.1) is 6.61 Å². The predicted octanol–water partition coefficient (Wildman–Crippen LogP) is 4.01. The molecule has 152 valence electrons. The number of carbonyl (C=O) groups is 2. The zero-order valence-electron chi connectivity index (χ0n) is 16.3. The van der Waals surface area contributed by atoms with Crippen LogP contribution in [0, 0.1) is 5.82 Å². The van der Waals surface area contributed by atoms with Crippen molar-refractivity contribution in [3.8, 4) is 0 Å². The summed E-state index contributed by atoms with van der Waals surface area (Å²) < 4.78 is 18.8. The highest BCUT2D eigenvalue weighted by Gasteiger charge is 2.42. The molecule has 2 heterocycles. The van der Waals surface area contributed by atoms with E-state index in [4.69, 9.17) is 4.74 Å². The molecular weight excluding hydrogens is 373 g/mol. The first-order valence-corrected chi connectivity index (χ1v) is 9.94. The lowest BCUT2D eigenvalue weighted by atomic mass is 10.0. The maximum Gasteiger partial charge on any atom is 0.409 e. The van der Waals surface area contributed by atoms with E-state index in [2.05, 4.69) is 5.32 Å². The van der Waals surface area contributed by atoms with Crippen LogP contribution in [0.15, 0.2) is 48.5 Å². The zero-order valence-corrected chi connectivity index (χ0v) is 16.3. The van der Waals surface area contributed by atoms with Gasteiger partial charge in [0.1, 0.15) is 12.0 Å². The van der Waals surface area contributed by atoms with Gasteiger partial charge in [-0.15, -0.1) is 0 Å². The first-order chi connectivity index (χ1) is 14.1. The van der Waals surface area contributed by atoms with E-state index >= 15 is 0 Å². The third-order valence-electron chi connectivity index (χ3n) is 5.51. The number of nitrogens with zero attached hydrogens (tertiary/aromatic N) is 2. The van der Waals surface area contributed by atoms with Crippen LogP contribution in [0.25, 0.3) is 0 Å². The highest BCUT2D eigenvalue weighted by atomic mass is 19.1. The molecule has 0 aliphatic carbocycles. The Morgan fingerprint density at radius 2 is 1.93 bits per heavy atom. The normalized spacial score (nSPS) is 19.2. The van der Waals surface area contributed by atoms with Crippen molar-refractivity contribution in [1.29, 1.82) is 0 Å². The molecule has 7 heteroatoms. The van der Waals surface area contributed by atoms with Crippen LogP contribution in [0.1, 0.15) is 41.9 Å². The molecule has 2 amide bonds. The second-order valence-electron chi connectivity index (χ2n) is 7.27. The third kappa shape index (κ3) is 3.77. The minimum absolute atomic E-state index is 0.0216. The lowest BCUT2D eigenvalue weighted by Crippen LogP contribution is -2.49. The number of rotatable bonds is 4. The summed E-state index contributed by atoms with van der Waals surface area (Å²) >= 11 is 0. The number of ether oxygens (including phenoxy) is 1. The summed E-state index contributed by atoms with van der Waals surface area (Å²) in [7, 11) is 0. The van der Waals surface area contributed by atoms with Gasteiger partial charge in [0.25, 0.3) is 5.91 Å². The molecule has 0 radical (unpaired) electrons. The minimum atomic E-state index is -0.375. The van der Waals surface area contributed by atoms with Gasteiger partial charge in [-0.2, -0.15) is 0 Å². The molecule has 0 unspecified atom stereocenters. The van der Waals surface area contributed by atoms with Gasteiger partial charge in [0, 0.05) is 35.9 Å². The number of benzene rings is 2. The third-order valence-corrected chi connectivity index (χ3v) is 5.51. The van der Waals surface area contributed by atoms with E-state index in [1.165, 1.54) is 12.1 Å². The van der Waals surface area contributed by atoms with Gasteiger partial charge < -0.3 is 19.9 Å². The number of hydrogen-bond donors (Lipinski definition) is 1. The molecule has 1 atom stereocenters. The fourth-order valence-corrected chi connectivity index (χ4v) is 4.14. The monoisotopic (exact) mass is 397 g/mol. The number of likely N-dealkylation sites (tertiary alicyclic amines) is 1. The first kappa shape index (κ1) is 19.2. The van der Waals surface area contributed by atoms with Crippen LogP contribution in [0.4, 0.5) is 14.9 Å². The van der Waals surface area contributed by atoms with Crippen LogP contribution >= 0.6 is 0 Å². The van der Waals surface area contributed by atoms with E-state index in [1.54, 1.807) is 24.0 Å². The maximum atomic E-state index is 13.7. The average Bonchev–Trinajstić information content (AvgIpc) is 3.00. The Kier molecular flexibility index (Phi) is 5.38. The van der Waals surface area contributed by atoms with Gasteiger partial charge in [-0.25, -0.2) is 9.18 Å². The fraction of sp³-hybridized carbons (Fsp3) is 0.364. The van der Waals surface area contributed by atoms with Crippen LogP contribution in [-0.4, -0.2) is 47.5 Å². The Balaban J connectivity index is 1.56. The lowest BCUT2D eigenvalue weighted by molar-refractivity contribution is 0.0496. The minimum Gasteiger partial charge on any atom is -0.450 e. The van der Waals surface area contributed by atoms with Gasteiger partial charge in [-0.3, -0.25) is 4.79 Å². The molecule has 2 aromatic rings. The van der Waals surface area contributed by atoms with E-state index in [-0.39, 0.29) is 30.0 Å². The quantitative estimate of drug-likeness (QED) is 0.847. The standard InChI is InChI=1S/C22H24FN3O3/c1-2-29-22(28)25-12-10-17(11-13-25)26-20(24-16-7-5-6-15(23)14-16)18-8-3-4-9-19(18)21(26)27/h3-9,14,17,20,24H,2,10-13H2,1H3/t20-/m1/s1. The van der Waals surface area contributed by atoms with Crippen molar-refractivity contribution in [1.82, 2.24) is 9.80 Å². The topological polar surface area (TPSA) is 61.9 Å². The van der Waals surface area contributed by atoms with Crippen molar-refractivity contribution >= 4 is 17.7 Å². The van der Waals surface area contributed by atoms with Gasteiger partial charge in [0.15, 0.2) is 0 Å². The summed E-state index contributed by atoms with van der Waals surface area (Å²) in [4.78, 5) is 28.7. The second-order valence-corrected chi connectivity index (χ2v) is 7.27. The van der Waals surface area contributed by atoms with Gasteiger partial charge in [-0.1, -0.05) is 24.3 Å². The van der Waals surface area contributed by atoms with E-state index in [9.17, 15) is 14.0 Å². The summed E-state index contributed by atoms with van der Waals surface area (Å²) in [6, 6.07) is 13.7. The summed E-state index contributed by atoms with van der Waals surface area (Å²) in [5, 5.41) is 3.33. The van der Waals surface area contributed by atoms with Crippen molar-refractivity contribution in [3.05, 3.63) is 65.5 Å². The number of carbonyl (C=O) groups excluding carboxylic acids is 2. The molecule has 1 fully saturated rings. The molecule has 0 saturated carbocycles. The number of amides is 2. The number of hydrogen-bond acceptors (Lipinski definition) is 4. The molecule has 2 aliphatic heterocycles. The Bertz CT molecular complexity index is 912. The van der Waals surface area contributed by atoms with Gasteiger partial charge >= 0.3 is 6.09 Å².